The largest absolute Gasteiger partial charge is 0.493 e. The van der Waals surface area contributed by atoms with Crippen molar-refractivity contribution >= 4 is 5.78 Å². The first-order chi connectivity index (χ1) is 15.8. The lowest BCUT2D eigenvalue weighted by Gasteiger charge is -2.28. The molecule has 0 atom stereocenters. The van der Waals surface area contributed by atoms with Gasteiger partial charge in [-0.2, -0.15) is 5.26 Å². The quantitative estimate of drug-likeness (QED) is 0.273. The summed E-state index contributed by atoms with van der Waals surface area (Å²) in [5.41, 5.74) is 4.33. The molecule has 1 aliphatic rings. The van der Waals surface area contributed by atoms with Gasteiger partial charge in [-0.15, -0.1) is 0 Å². The standard InChI is InChI=1S/C22H31NO2.C8H10/c1-5-17-13-19(16(2)24)20(18-9-8-10-18)14-21(17)25-12-7-6-11-22(3,4)15-23;1-2-8-6-4-3-5-7-8/h13-14,18H,5-12H2,1-4H3;3-7H,2H2,1H3. The fraction of sp³-hybridized carbons (Fsp3) is 0.533. The number of nitriles is 1. The zero-order valence-electron chi connectivity index (χ0n) is 21.2. The highest BCUT2D eigenvalue weighted by Gasteiger charge is 2.25. The zero-order valence-corrected chi connectivity index (χ0v) is 21.2. The molecule has 0 spiro atoms. The van der Waals surface area contributed by atoms with E-state index in [0.717, 1.165) is 49.0 Å². The van der Waals surface area contributed by atoms with Crippen molar-refractivity contribution in [1.29, 1.82) is 5.26 Å². The number of rotatable bonds is 10. The van der Waals surface area contributed by atoms with E-state index in [4.69, 9.17) is 10.00 Å². The highest BCUT2D eigenvalue weighted by Crippen LogP contribution is 2.40. The van der Waals surface area contributed by atoms with Gasteiger partial charge in [0, 0.05) is 5.56 Å². The first kappa shape index (κ1) is 26.7. The fourth-order valence-electron chi connectivity index (χ4n) is 4.03. The summed E-state index contributed by atoms with van der Waals surface area (Å²) in [7, 11) is 0. The molecule has 0 radical (unpaired) electrons. The normalized spacial score (nSPS) is 13.3. The van der Waals surface area contributed by atoms with Crippen LogP contribution in [0.3, 0.4) is 0 Å². The van der Waals surface area contributed by atoms with Gasteiger partial charge in [0.05, 0.1) is 18.1 Å². The lowest BCUT2D eigenvalue weighted by Crippen LogP contribution is -2.14. The van der Waals surface area contributed by atoms with Gasteiger partial charge in [0.2, 0.25) is 0 Å². The molecule has 0 amide bonds. The molecular weight excluding hydrogens is 406 g/mol. The van der Waals surface area contributed by atoms with E-state index in [-0.39, 0.29) is 11.2 Å². The van der Waals surface area contributed by atoms with Crippen molar-refractivity contribution in [2.75, 3.05) is 6.61 Å². The average molecular weight is 448 g/mol. The van der Waals surface area contributed by atoms with Crippen molar-refractivity contribution in [3.8, 4) is 11.8 Å². The van der Waals surface area contributed by atoms with Gasteiger partial charge in [-0.3, -0.25) is 4.79 Å². The molecule has 0 N–H and O–H groups in total. The third kappa shape index (κ3) is 8.35. The number of unbranched alkanes of at least 4 members (excludes halogenated alkanes) is 1. The van der Waals surface area contributed by atoms with Crippen LogP contribution >= 0.6 is 0 Å². The molecule has 3 rings (SSSR count). The SMILES string of the molecule is CCc1cc(C(C)=O)c(C2CCC2)cc1OCCCCC(C)(C)C#N.CCc1ccccc1. The number of carbonyl (C=O) groups is 1. The highest BCUT2D eigenvalue weighted by atomic mass is 16.5. The Balaban J connectivity index is 0.000000405. The summed E-state index contributed by atoms with van der Waals surface area (Å²) in [4.78, 5) is 12.0. The van der Waals surface area contributed by atoms with Gasteiger partial charge < -0.3 is 4.74 Å². The van der Waals surface area contributed by atoms with E-state index in [1.807, 2.05) is 26.0 Å². The number of carbonyl (C=O) groups excluding carboxylic acids is 1. The van der Waals surface area contributed by atoms with Gasteiger partial charge in [-0.05, 0) is 100 Å². The van der Waals surface area contributed by atoms with Crippen LogP contribution in [0.4, 0.5) is 0 Å². The lowest BCUT2D eigenvalue weighted by molar-refractivity contribution is 0.101. The topological polar surface area (TPSA) is 50.1 Å². The van der Waals surface area contributed by atoms with Gasteiger partial charge in [0.1, 0.15) is 5.75 Å². The van der Waals surface area contributed by atoms with Gasteiger partial charge in [-0.25, -0.2) is 0 Å². The van der Waals surface area contributed by atoms with Crippen molar-refractivity contribution in [3.05, 3.63) is 64.7 Å². The highest BCUT2D eigenvalue weighted by molar-refractivity contribution is 5.96. The van der Waals surface area contributed by atoms with Gasteiger partial charge in [0.15, 0.2) is 5.78 Å². The van der Waals surface area contributed by atoms with Crippen LogP contribution in [0.1, 0.15) is 106 Å². The second-order valence-corrected chi connectivity index (χ2v) is 9.73. The Labute approximate surface area is 201 Å². The Morgan fingerprint density at radius 1 is 1.09 bits per heavy atom. The molecule has 0 unspecified atom stereocenters. The van der Waals surface area contributed by atoms with Gasteiger partial charge in [-0.1, -0.05) is 50.6 Å². The number of ether oxygens (including phenoxy) is 1. The van der Waals surface area contributed by atoms with Crippen molar-refractivity contribution < 1.29 is 9.53 Å². The molecular formula is C30H41NO2. The zero-order chi connectivity index (χ0) is 24.3. The second kappa shape index (κ2) is 13.2. The Bertz CT molecular complexity index is 920. The summed E-state index contributed by atoms with van der Waals surface area (Å²) < 4.78 is 6.08. The number of aryl methyl sites for hydroxylation is 2. The molecule has 0 saturated heterocycles. The molecule has 1 aliphatic carbocycles. The van der Waals surface area contributed by atoms with E-state index in [2.05, 4.69) is 50.2 Å². The number of hydrogen-bond acceptors (Lipinski definition) is 3. The van der Waals surface area contributed by atoms with E-state index < -0.39 is 0 Å². The second-order valence-electron chi connectivity index (χ2n) is 9.73. The van der Waals surface area contributed by atoms with Crippen LogP contribution in [-0.2, 0) is 12.8 Å². The van der Waals surface area contributed by atoms with E-state index in [1.54, 1.807) is 6.92 Å². The number of nitrogens with zero attached hydrogens (tertiary/aromatic N) is 1. The maximum Gasteiger partial charge on any atom is 0.160 e. The predicted octanol–water partition coefficient (Wildman–Crippen LogP) is 8.07. The average Bonchev–Trinajstić information content (AvgIpc) is 2.78. The van der Waals surface area contributed by atoms with Crippen molar-refractivity contribution in [1.82, 2.24) is 0 Å². The lowest BCUT2D eigenvalue weighted by atomic mass is 9.77. The molecule has 178 valence electrons. The molecule has 2 aromatic carbocycles. The molecule has 3 heteroatoms. The summed E-state index contributed by atoms with van der Waals surface area (Å²) in [5.74, 6) is 1.61. The van der Waals surface area contributed by atoms with E-state index in [1.165, 1.54) is 30.4 Å². The number of benzene rings is 2. The first-order valence-electron chi connectivity index (χ1n) is 12.6. The van der Waals surface area contributed by atoms with Crippen molar-refractivity contribution in [2.45, 2.75) is 91.9 Å². The van der Waals surface area contributed by atoms with Crippen LogP contribution in [0.2, 0.25) is 0 Å². The third-order valence-electron chi connectivity index (χ3n) is 6.55. The molecule has 0 heterocycles. The third-order valence-corrected chi connectivity index (χ3v) is 6.55. The van der Waals surface area contributed by atoms with Crippen LogP contribution in [0.5, 0.6) is 5.75 Å². The summed E-state index contributed by atoms with van der Waals surface area (Å²) in [6, 6.07) is 17.0. The molecule has 1 saturated carbocycles. The smallest absolute Gasteiger partial charge is 0.160 e. The molecule has 1 fully saturated rings. The number of Topliss-reactive ketones (excluding diaryl/α,β-unsaturated/α-hetero) is 1. The Morgan fingerprint density at radius 3 is 2.27 bits per heavy atom. The van der Waals surface area contributed by atoms with Crippen LogP contribution in [0.15, 0.2) is 42.5 Å². The minimum Gasteiger partial charge on any atom is -0.493 e. The van der Waals surface area contributed by atoms with E-state index >= 15 is 0 Å². The monoisotopic (exact) mass is 447 g/mol. The first-order valence-corrected chi connectivity index (χ1v) is 12.6. The minimum absolute atomic E-state index is 0.155. The fourth-order valence-corrected chi connectivity index (χ4v) is 4.03. The minimum atomic E-state index is -0.255. The van der Waals surface area contributed by atoms with Gasteiger partial charge >= 0.3 is 0 Å². The number of hydrogen-bond donors (Lipinski definition) is 0. The summed E-state index contributed by atoms with van der Waals surface area (Å²) >= 11 is 0. The molecule has 33 heavy (non-hydrogen) atoms. The van der Waals surface area contributed by atoms with Crippen LogP contribution in [0.25, 0.3) is 0 Å². The number of ketones is 1. The maximum atomic E-state index is 12.0. The summed E-state index contributed by atoms with van der Waals surface area (Å²) in [6.45, 7) is 10.6. The Hall–Kier alpha value is -2.60. The van der Waals surface area contributed by atoms with Crippen molar-refractivity contribution in [3.63, 3.8) is 0 Å². The molecule has 0 aromatic heterocycles. The van der Waals surface area contributed by atoms with E-state index in [0.29, 0.717) is 12.5 Å². The summed E-state index contributed by atoms with van der Waals surface area (Å²) in [5, 5.41) is 9.07. The molecule has 0 aliphatic heterocycles. The molecule has 0 bridgehead atoms. The summed E-state index contributed by atoms with van der Waals surface area (Å²) in [6.07, 6.45) is 8.43. The Morgan fingerprint density at radius 2 is 1.79 bits per heavy atom. The predicted molar refractivity (Wildman–Crippen MR) is 137 cm³/mol. The van der Waals surface area contributed by atoms with Crippen molar-refractivity contribution in [2.24, 2.45) is 5.41 Å². The van der Waals surface area contributed by atoms with Crippen LogP contribution in [0, 0.1) is 16.7 Å². The Kier molecular flexibility index (Phi) is 10.7. The molecule has 2 aromatic rings. The van der Waals surface area contributed by atoms with E-state index in [9.17, 15) is 4.79 Å². The van der Waals surface area contributed by atoms with Crippen LogP contribution < -0.4 is 4.74 Å². The maximum absolute atomic E-state index is 12.0. The van der Waals surface area contributed by atoms with Gasteiger partial charge in [0.25, 0.3) is 0 Å². The molecule has 3 nitrogen and oxygen atoms in total. The van der Waals surface area contributed by atoms with Crippen LogP contribution in [-0.4, -0.2) is 12.4 Å².